The van der Waals surface area contributed by atoms with Crippen molar-refractivity contribution in [1.82, 2.24) is 0 Å². The van der Waals surface area contributed by atoms with Gasteiger partial charge in [0.05, 0.1) is 27.4 Å². The third-order valence-corrected chi connectivity index (χ3v) is 2.85. The normalized spacial score (nSPS) is 12.2. The molecule has 1 atom stereocenters. The molecular weight excluding hydrogens is 246 g/mol. The standard InChI is InChI=1S/C14H23NO4/c1-16-8-9-19-7-6-13(15)12-5-4-11(17-2)10-14(12)18-3/h4-5,10,13H,6-9,15H2,1-3H3. The van der Waals surface area contributed by atoms with Gasteiger partial charge in [-0.15, -0.1) is 0 Å². The Morgan fingerprint density at radius 3 is 2.47 bits per heavy atom. The van der Waals surface area contributed by atoms with Crippen LogP contribution in [0.3, 0.4) is 0 Å². The molecule has 1 aromatic carbocycles. The summed E-state index contributed by atoms with van der Waals surface area (Å²) in [5.74, 6) is 1.49. The largest absolute Gasteiger partial charge is 0.497 e. The second-order valence-corrected chi connectivity index (χ2v) is 4.11. The van der Waals surface area contributed by atoms with Crippen LogP contribution in [0.4, 0.5) is 0 Å². The number of nitrogens with two attached hydrogens (primary N) is 1. The lowest BCUT2D eigenvalue weighted by molar-refractivity contribution is 0.0671. The molecule has 0 bridgehead atoms. The van der Waals surface area contributed by atoms with E-state index < -0.39 is 0 Å². The van der Waals surface area contributed by atoms with Gasteiger partial charge in [-0.1, -0.05) is 6.07 Å². The fraction of sp³-hybridized carbons (Fsp3) is 0.571. The molecule has 0 saturated carbocycles. The molecule has 0 heterocycles. The molecule has 0 aliphatic carbocycles. The molecule has 0 radical (unpaired) electrons. The van der Waals surface area contributed by atoms with Crippen molar-refractivity contribution in [2.75, 3.05) is 41.2 Å². The number of benzene rings is 1. The van der Waals surface area contributed by atoms with Crippen molar-refractivity contribution in [1.29, 1.82) is 0 Å². The van der Waals surface area contributed by atoms with E-state index in [2.05, 4.69) is 0 Å². The fourth-order valence-electron chi connectivity index (χ4n) is 1.73. The fourth-order valence-corrected chi connectivity index (χ4v) is 1.73. The van der Waals surface area contributed by atoms with E-state index in [0.717, 1.165) is 23.5 Å². The quantitative estimate of drug-likeness (QED) is 0.692. The van der Waals surface area contributed by atoms with Crippen LogP contribution in [0.1, 0.15) is 18.0 Å². The van der Waals surface area contributed by atoms with Crippen molar-refractivity contribution in [2.45, 2.75) is 12.5 Å². The molecule has 2 N–H and O–H groups in total. The smallest absolute Gasteiger partial charge is 0.127 e. The summed E-state index contributed by atoms with van der Waals surface area (Å²) in [5.41, 5.74) is 7.10. The van der Waals surface area contributed by atoms with Gasteiger partial charge in [-0.2, -0.15) is 0 Å². The van der Waals surface area contributed by atoms with Crippen LogP contribution >= 0.6 is 0 Å². The first-order valence-corrected chi connectivity index (χ1v) is 6.27. The van der Waals surface area contributed by atoms with Gasteiger partial charge in [0.25, 0.3) is 0 Å². The van der Waals surface area contributed by atoms with Gasteiger partial charge in [0, 0.05) is 31.4 Å². The molecule has 1 aromatic rings. The van der Waals surface area contributed by atoms with Crippen LogP contribution in [-0.4, -0.2) is 41.2 Å². The summed E-state index contributed by atoms with van der Waals surface area (Å²) in [4.78, 5) is 0. The molecule has 5 nitrogen and oxygen atoms in total. The second kappa shape index (κ2) is 8.74. The van der Waals surface area contributed by atoms with Gasteiger partial charge >= 0.3 is 0 Å². The Balaban J connectivity index is 2.53. The average molecular weight is 269 g/mol. The molecule has 0 amide bonds. The number of hydrogen-bond acceptors (Lipinski definition) is 5. The highest BCUT2D eigenvalue weighted by Crippen LogP contribution is 2.29. The first-order valence-electron chi connectivity index (χ1n) is 6.27. The third-order valence-electron chi connectivity index (χ3n) is 2.85. The van der Waals surface area contributed by atoms with Crippen LogP contribution in [0.5, 0.6) is 11.5 Å². The summed E-state index contributed by atoms with van der Waals surface area (Å²) in [7, 11) is 4.90. The van der Waals surface area contributed by atoms with Crippen molar-refractivity contribution in [3.05, 3.63) is 23.8 Å². The molecule has 1 unspecified atom stereocenters. The maximum atomic E-state index is 6.15. The van der Waals surface area contributed by atoms with Crippen LogP contribution in [0.2, 0.25) is 0 Å². The number of ether oxygens (including phenoxy) is 4. The van der Waals surface area contributed by atoms with Crippen LogP contribution in [0, 0.1) is 0 Å². The maximum absolute atomic E-state index is 6.15. The van der Waals surface area contributed by atoms with E-state index in [1.165, 1.54) is 0 Å². The van der Waals surface area contributed by atoms with Crippen molar-refractivity contribution in [3.8, 4) is 11.5 Å². The van der Waals surface area contributed by atoms with Gasteiger partial charge in [-0.05, 0) is 12.5 Å². The first-order chi connectivity index (χ1) is 9.22. The zero-order chi connectivity index (χ0) is 14.1. The first kappa shape index (κ1) is 15.8. The van der Waals surface area contributed by atoms with Crippen molar-refractivity contribution >= 4 is 0 Å². The van der Waals surface area contributed by atoms with Crippen LogP contribution in [0.25, 0.3) is 0 Å². The van der Waals surface area contributed by atoms with Gasteiger partial charge in [0.1, 0.15) is 11.5 Å². The number of methoxy groups -OCH3 is 3. The highest BCUT2D eigenvalue weighted by atomic mass is 16.5. The van der Waals surface area contributed by atoms with Gasteiger partial charge in [-0.3, -0.25) is 0 Å². The van der Waals surface area contributed by atoms with Gasteiger partial charge < -0.3 is 24.7 Å². The molecule has 5 heteroatoms. The minimum absolute atomic E-state index is 0.122. The van der Waals surface area contributed by atoms with Crippen LogP contribution in [-0.2, 0) is 9.47 Å². The van der Waals surface area contributed by atoms with Crippen molar-refractivity contribution in [2.24, 2.45) is 5.73 Å². The van der Waals surface area contributed by atoms with Gasteiger partial charge in [-0.25, -0.2) is 0 Å². The lowest BCUT2D eigenvalue weighted by Crippen LogP contribution is -2.15. The Hall–Kier alpha value is -1.30. The molecular formula is C14H23NO4. The Bertz CT molecular complexity index is 370. The molecule has 108 valence electrons. The molecule has 0 aromatic heterocycles. The van der Waals surface area contributed by atoms with E-state index in [4.69, 9.17) is 24.7 Å². The molecule has 19 heavy (non-hydrogen) atoms. The van der Waals surface area contributed by atoms with E-state index in [1.54, 1.807) is 21.3 Å². The monoisotopic (exact) mass is 269 g/mol. The summed E-state index contributed by atoms with van der Waals surface area (Å²) < 4.78 is 20.8. The average Bonchev–Trinajstić information content (AvgIpc) is 2.46. The SMILES string of the molecule is COCCOCCC(N)c1ccc(OC)cc1OC. The summed E-state index contributed by atoms with van der Waals surface area (Å²) >= 11 is 0. The van der Waals surface area contributed by atoms with Gasteiger partial charge in [0.2, 0.25) is 0 Å². The lowest BCUT2D eigenvalue weighted by Gasteiger charge is -2.16. The molecule has 0 spiro atoms. The Morgan fingerprint density at radius 2 is 1.84 bits per heavy atom. The molecule has 0 aliphatic heterocycles. The van der Waals surface area contributed by atoms with E-state index in [-0.39, 0.29) is 6.04 Å². The number of rotatable bonds is 9. The van der Waals surface area contributed by atoms with E-state index in [9.17, 15) is 0 Å². The van der Waals surface area contributed by atoms with Crippen LogP contribution in [0.15, 0.2) is 18.2 Å². The maximum Gasteiger partial charge on any atom is 0.127 e. The Kier molecular flexibility index (Phi) is 7.25. The Labute approximate surface area is 114 Å². The van der Waals surface area contributed by atoms with Gasteiger partial charge in [0.15, 0.2) is 0 Å². The van der Waals surface area contributed by atoms with Crippen molar-refractivity contribution in [3.63, 3.8) is 0 Å². The molecule has 1 rings (SSSR count). The summed E-state index contributed by atoms with van der Waals surface area (Å²) in [6.07, 6.45) is 0.729. The zero-order valence-corrected chi connectivity index (χ0v) is 11.8. The molecule has 0 fully saturated rings. The van der Waals surface area contributed by atoms with E-state index in [0.29, 0.717) is 19.8 Å². The Morgan fingerprint density at radius 1 is 1.05 bits per heavy atom. The highest BCUT2D eigenvalue weighted by Gasteiger charge is 2.12. The number of hydrogen-bond donors (Lipinski definition) is 1. The molecule has 0 saturated heterocycles. The van der Waals surface area contributed by atoms with Crippen molar-refractivity contribution < 1.29 is 18.9 Å². The topological polar surface area (TPSA) is 62.9 Å². The summed E-state index contributed by atoms with van der Waals surface area (Å²) in [6.45, 7) is 1.78. The summed E-state index contributed by atoms with van der Waals surface area (Å²) in [5, 5.41) is 0. The second-order valence-electron chi connectivity index (χ2n) is 4.11. The highest BCUT2D eigenvalue weighted by molar-refractivity contribution is 5.42. The zero-order valence-electron chi connectivity index (χ0n) is 11.8. The predicted molar refractivity (Wildman–Crippen MR) is 73.8 cm³/mol. The lowest BCUT2D eigenvalue weighted by atomic mass is 10.0. The predicted octanol–water partition coefficient (Wildman–Crippen LogP) is 1.76. The third kappa shape index (κ3) is 5.06. The minimum Gasteiger partial charge on any atom is -0.497 e. The summed E-state index contributed by atoms with van der Waals surface area (Å²) in [6, 6.07) is 5.52. The minimum atomic E-state index is -0.122. The van der Waals surface area contributed by atoms with E-state index in [1.807, 2.05) is 18.2 Å². The van der Waals surface area contributed by atoms with E-state index >= 15 is 0 Å². The molecule has 0 aliphatic rings. The van der Waals surface area contributed by atoms with Crippen LogP contribution < -0.4 is 15.2 Å².